The zero-order valence-corrected chi connectivity index (χ0v) is 12.0. The predicted octanol–water partition coefficient (Wildman–Crippen LogP) is 0.270. The molecule has 2 fully saturated rings. The summed E-state index contributed by atoms with van der Waals surface area (Å²) in [4.78, 5) is 20.0. The highest BCUT2D eigenvalue weighted by Gasteiger charge is 2.35. The number of hydrogen-bond donors (Lipinski definition) is 1. The summed E-state index contributed by atoms with van der Waals surface area (Å²) in [5.74, 6) is -0.193. The van der Waals surface area contributed by atoms with Crippen LogP contribution in [0.1, 0.15) is 12.8 Å². The van der Waals surface area contributed by atoms with Crippen molar-refractivity contribution < 1.29 is 14.6 Å². The van der Waals surface area contributed by atoms with Gasteiger partial charge in [0.25, 0.3) is 0 Å². The first-order chi connectivity index (χ1) is 10.3. The van der Waals surface area contributed by atoms with Crippen LogP contribution in [-0.2, 0) is 9.53 Å². The van der Waals surface area contributed by atoms with Crippen molar-refractivity contribution in [1.29, 1.82) is 0 Å². The topological polar surface area (TPSA) is 65.9 Å². The Hall–Kier alpha value is -1.66. The third kappa shape index (κ3) is 3.01. The van der Waals surface area contributed by atoms with E-state index in [-0.39, 0.29) is 18.1 Å². The molecule has 2 saturated heterocycles. The smallest absolute Gasteiger partial charge is 0.248 e. The number of aliphatic hydroxyl groups excluding tert-OH is 1. The van der Waals surface area contributed by atoms with E-state index in [9.17, 15) is 4.79 Å². The first-order valence-corrected chi connectivity index (χ1v) is 7.46. The number of amides is 1. The van der Waals surface area contributed by atoms with E-state index in [0.29, 0.717) is 19.7 Å². The highest BCUT2D eigenvalue weighted by molar-refractivity contribution is 5.77. The van der Waals surface area contributed by atoms with Gasteiger partial charge in [0.05, 0.1) is 30.6 Å². The lowest BCUT2D eigenvalue weighted by atomic mass is 10.0. The first kappa shape index (κ1) is 14.3. The number of carbonyl (C=O) groups is 1. The predicted molar refractivity (Wildman–Crippen MR) is 78.0 cm³/mol. The quantitative estimate of drug-likeness (QED) is 0.847. The van der Waals surface area contributed by atoms with Crippen LogP contribution in [0.25, 0.3) is 0 Å². The van der Waals surface area contributed by atoms with Crippen LogP contribution in [0, 0.1) is 0 Å². The number of ether oxygens (including phenoxy) is 1. The molecule has 1 aromatic heterocycles. The zero-order valence-electron chi connectivity index (χ0n) is 12.0. The number of pyridine rings is 1. The molecule has 114 valence electrons. The molecular weight excluding hydrogens is 270 g/mol. The Morgan fingerprint density at radius 2 is 2.24 bits per heavy atom. The van der Waals surface area contributed by atoms with Crippen LogP contribution >= 0.6 is 0 Å². The van der Waals surface area contributed by atoms with Crippen LogP contribution in [-0.4, -0.2) is 65.9 Å². The molecule has 0 unspecified atom stereocenters. The SMILES string of the molecule is O=C(CO)N1CC[C@@H]2OCCN(c3cccnc3)[C@H]2CC1. The van der Waals surface area contributed by atoms with Crippen molar-refractivity contribution in [2.75, 3.05) is 37.7 Å². The van der Waals surface area contributed by atoms with Crippen molar-refractivity contribution in [3.63, 3.8) is 0 Å². The lowest BCUT2D eigenvalue weighted by Crippen LogP contribution is -2.51. The Balaban J connectivity index is 1.76. The van der Waals surface area contributed by atoms with Crippen LogP contribution in [0.4, 0.5) is 5.69 Å². The van der Waals surface area contributed by atoms with Crippen LogP contribution in [0.3, 0.4) is 0 Å². The molecule has 6 heteroatoms. The fourth-order valence-electron chi connectivity index (χ4n) is 3.27. The van der Waals surface area contributed by atoms with Gasteiger partial charge in [-0.05, 0) is 25.0 Å². The van der Waals surface area contributed by atoms with Crippen molar-refractivity contribution in [2.45, 2.75) is 25.0 Å². The van der Waals surface area contributed by atoms with E-state index in [1.54, 1.807) is 11.1 Å². The second-order valence-electron chi connectivity index (χ2n) is 5.50. The number of likely N-dealkylation sites (tertiary alicyclic amines) is 1. The van der Waals surface area contributed by atoms with Crippen molar-refractivity contribution in [3.05, 3.63) is 24.5 Å². The average Bonchev–Trinajstić information content (AvgIpc) is 2.77. The number of hydrogen-bond acceptors (Lipinski definition) is 5. The van der Waals surface area contributed by atoms with Crippen LogP contribution in [0.5, 0.6) is 0 Å². The number of anilines is 1. The maximum atomic E-state index is 11.7. The van der Waals surface area contributed by atoms with Crippen molar-refractivity contribution in [3.8, 4) is 0 Å². The van der Waals surface area contributed by atoms with Gasteiger partial charge >= 0.3 is 0 Å². The summed E-state index contributed by atoms with van der Waals surface area (Å²) in [7, 11) is 0. The maximum absolute atomic E-state index is 11.7. The summed E-state index contributed by atoms with van der Waals surface area (Å²) in [5.41, 5.74) is 1.11. The standard InChI is InChI=1S/C15H21N3O3/c19-11-15(20)17-6-3-13-14(4-7-17)21-9-8-18(13)12-2-1-5-16-10-12/h1-2,5,10,13-14,19H,3-4,6-9,11H2/t13-,14-/m0/s1. The molecule has 2 aliphatic heterocycles. The lowest BCUT2D eigenvalue weighted by molar-refractivity contribution is -0.134. The Bertz CT molecular complexity index is 482. The summed E-state index contributed by atoms with van der Waals surface area (Å²) < 4.78 is 5.91. The van der Waals surface area contributed by atoms with E-state index in [1.165, 1.54) is 0 Å². The van der Waals surface area contributed by atoms with E-state index >= 15 is 0 Å². The minimum absolute atomic E-state index is 0.135. The molecule has 0 aromatic carbocycles. The number of morpholine rings is 1. The Morgan fingerprint density at radius 3 is 3.00 bits per heavy atom. The zero-order chi connectivity index (χ0) is 14.7. The van der Waals surface area contributed by atoms with Gasteiger partial charge in [-0.15, -0.1) is 0 Å². The largest absolute Gasteiger partial charge is 0.387 e. The highest BCUT2D eigenvalue weighted by Crippen LogP contribution is 2.28. The summed E-state index contributed by atoms with van der Waals surface area (Å²) in [6.45, 7) is 2.45. The Kier molecular flexibility index (Phi) is 4.36. The molecule has 2 aliphatic rings. The van der Waals surface area contributed by atoms with Crippen molar-refractivity contribution in [1.82, 2.24) is 9.88 Å². The molecule has 0 bridgehead atoms. The van der Waals surface area contributed by atoms with Gasteiger partial charge in [-0.2, -0.15) is 0 Å². The van der Waals surface area contributed by atoms with Gasteiger partial charge in [0.1, 0.15) is 6.61 Å². The highest BCUT2D eigenvalue weighted by atomic mass is 16.5. The number of aromatic nitrogens is 1. The van der Waals surface area contributed by atoms with Gasteiger partial charge in [-0.1, -0.05) is 0 Å². The molecule has 0 spiro atoms. The van der Waals surface area contributed by atoms with Gasteiger partial charge in [-0.3, -0.25) is 9.78 Å². The summed E-state index contributed by atoms with van der Waals surface area (Å²) in [5, 5.41) is 9.03. The minimum Gasteiger partial charge on any atom is -0.387 e. The molecule has 1 N–H and O–H groups in total. The van der Waals surface area contributed by atoms with Crippen LogP contribution in [0.2, 0.25) is 0 Å². The lowest BCUT2D eigenvalue weighted by Gasteiger charge is -2.41. The van der Waals surface area contributed by atoms with Gasteiger partial charge in [0, 0.05) is 25.8 Å². The fourth-order valence-corrected chi connectivity index (χ4v) is 3.27. The number of rotatable bonds is 2. The minimum atomic E-state index is -0.414. The van der Waals surface area contributed by atoms with Crippen molar-refractivity contribution >= 4 is 11.6 Å². The molecule has 0 saturated carbocycles. The van der Waals surface area contributed by atoms with Crippen LogP contribution < -0.4 is 4.90 Å². The van der Waals surface area contributed by atoms with Crippen LogP contribution in [0.15, 0.2) is 24.5 Å². The molecule has 0 radical (unpaired) electrons. The van der Waals surface area contributed by atoms with E-state index in [4.69, 9.17) is 9.84 Å². The number of nitrogens with zero attached hydrogens (tertiary/aromatic N) is 3. The Morgan fingerprint density at radius 1 is 1.38 bits per heavy atom. The Labute approximate surface area is 124 Å². The van der Waals surface area contributed by atoms with E-state index in [2.05, 4.69) is 16.0 Å². The molecular formula is C15H21N3O3. The molecule has 6 nitrogen and oxygen atoms in total. The van der Waals surface area contributed by atoms with E-state index in [0.717, 1.165) is 25.1 Å². The number of aliphatic hydroxyl groups is 1. The molecule has 1 amide bonds. The second kappa shape index (κ2) is 6.41. The number of carbonyl (C=O) groups excluding carboxylic acids is 1. The van der Waals surface area contributed by atoms with E-state index < -0.39 is 6.61 Å². The van der Waals surface area contributed by atoms with Crippen molar-refractivity contribution in [2.24, 2.45) is 0 Å². The molecule has 2 atom stereocenters. The third-order valence-corrected chi connectivity index (χ3v) is 4.34. The number of fused-ring (bicyclic) bond motifs is 1. The first-order valence-electron chi connectivity index (χ1n) is 7.46. The molecule has 3 rings (SSSR count). The second-order valence-corrected chi connectivity index (χ2v) is 5.50. The molecule has 3 heterocycles. The maximum Gasteiger partial charge on any atom is 0.248 e. The van der Waals surface area contributed by atoms with Gasteiger partial charge in [0.15, 0.2) is 0 Å². The summed E-state index contributed by atoms with van der Waals surface area (Å²) in [6, 6.07) is 4.27. The summed E-state index contributed by atoms with van der Waals surface area (Å²) >= 11 is 0. The van der Waals surface area contributed by atoms with Gasteiger partial charge in [-0.25, -0.2) is 0 Å². The van der Waals surface area contributed by atoms with Gasteiger partial charge < -0.3 is 19.6 Å². The average molecular weight is 291 g/mol. The van der Waals surface area contributed by atoms with Gasteiger partial charge in [0.2, 0.25) is 5.91 Å². The molecule has 0 aliphatic carbocycles. The summed E-state index contributed by atoms with van der Waals surface area (Å²) in [6.07, 6.45) is 5.45. The normalized spacial score (nSPS) is 26.1. The fraction of sp³-hybridized carbons (Fsp3) is 0.600. The van der Waals surface area contributed by atoms with E-state index in [1.807, 2.05) is 12.3 Å². The monoisotopic (exact) mass is 291 g/mol. The molecule has 21 heavy (non-hydrogen) atoms. The third-order valence-electron chi connectivity index (χ3n) is 4.34. The molecule has 1 aromatic rings.